The van der Waals surface area contributed by atoms with Crippen molar-refractivity contribution >= 4 is 23.2 Å². The number of carbonyl (C=O) groups excluding carboxylic acids is 1. The second kappa shape index (κ2) is 6.72. The Balaban J connectivity index is 1.87. The maximum atomic E-state index is 12.6. The molecule has 0 fully saturated rings. The summed E-state index contributed by atoms with van der Waals surface area (Å²) < 4.78 is 6.99. The molecule has 3 rings (SSSR count). The van der Waals surface area contributed by atoms with Gasteiger partial charge in [0.15, 0.2) is 5.69 Å². The molecule has 3 aromatic rings. The highest BCUT2D eigenvalue weighted by Gasteiger charge is 2.22. The Morgan fingerprint density at radius 1 is 1.20 bits per heavy atom. The van der Waals surface area contributed by atoms with Crippen LogP contribution in [0.5, 0.6) is 0 Å². The summed E-state index contributed by atoms with van der Waals surface area (Å²) in [5, 5.41) is 11.8. The number of nitrogens with one attached hydrogen (secondary N) is 1. The molecule has 1 amide bonds. The van der Waals surface area contributed by atoms with E-state index in [-0.39, 0.29) is 11.6 Å². The molecular weight excluding hydrogens is 340 g/mol. The van der Waals surface area contributed by atoms with Crippen LogP contribution in [-0.4, -0.2) is 20.8 Å². The number of hydrogen-bond donors (Lipinski definition) is 1. The fourth-order valence-electron chi connectivity index (χ4n) is 2.56. The summed E-state index contributed by atoms with van der Waals surface area (Å²) in [5.41, 5.74) is 4.35. The Hall–Kier alpha value is -2.60. The highest BCUT2D eigenvalue weighted by Crippen LogP contribution is 2.22. The van der Waals surface area contributed by atoms with E-state index in [2.05, 4.69) is 15.6 Å². The molecule has 2 heterocycles. The van der Waals surface area contributed by atoms with Gasteiger partial charge in [0, 0.05) is 11.3 Å². The van der Waals surface area contributed by atoms with Crippen LogP contribution in [0.15, 0.2) is 28.8 Å². The van der Waals surface area contributed by atoms with E-state index >= 15 is 0 Å². The minimum atomic E-state index is -0.316. The Bertz CT molecular complexity index is 925. The summed E-state index contributed by atoms with van der Waals surface area (Å²) >= 11 is 6.20. The van der Waals surface area contributed by atoms with E-state index in [1.165, 1.54) is 0 Å². The predicted octanol–water partition coefficient (Wildman–Crippen LogP) is 4.06. The average Bonchev–Trinajstić information content (AvgIpc) is 3.06. The second-order valence-electron chi connectivity index (χ2n) is 6.03. The normalized spacial score (nSPS) is 10.9. The van der Waals surface area contributed by atoms with E-state index in [0.717, 1.165) is 17.0 Å². The van der Waals surface area contributed by atoms with Gasteiger partial charge >= 0.3 is 0 Å². The second-order valence-corrected chi connectivity index (χ2v) is 6.41. The number of nitrogens with zero attached hydrogens (tertiary/aromatic N) is 3. The van der Waals surface area contributed by atoms with Crippen molar-refractivity contribution in [2.45, 2.75) is 34.2 Å². The summed E-state index contributed by atoms with van der Waals surface area (Å²) in [7, 11) is 0. The van der Waals surface area contributed by atoms with Crippen LogP contribution in [0.25, 0.3) is 0 Å². The zero-order valence-electron chi connectivity index (χ0n) is 14.6. The number of carbonyl (C=O) groups is 1. The van der Waals surface area contributed by atoms with Gasteiger partial charge in [-0.3, -0.25) is 9.48 Å². The molecular formula is C18H19ClN4O2. The first-order valence-corrected chi connectivity index (χ1v) is 8.27. The number of benzene rings is 1. The Morgan fingerprint density at radius 3 is 2.48 bits per heavy atom. The molecule has 0 radical (unpaired) electrons. The van der Waals surface area contributed by atoms with Gasteiger partial charge in [-0.15, -0.1) is 0 Å². The van der Waals surface area contributed by atoms with E-state index in [1.54, 1.807) is 11.6 Å². The number of aryl methyl sites for hydroxylation is 3. The highest BCUT2D eigenvalue weighted by atomic mass is 35.5. The molecule has 0 aliphatic carbocycles. The van der Waals surface area contributed by atoms with Gasteiger partial charge in [-0.2, -0.15) is 5.10 Å². The minimum Gasteiger partial charge on any atom is -0.361 e. The molecule has 6 nitrogen and oxygen atoms in total. The lowest BCUT2D eigenvalue weighted by Gasteiger charge is -2.07. The number of amides is 1. The Kier molecular flexibility index (Phi) is 4.63. The number of anilines is 1. The van der Waals surface area contributed by atoms with Gasteiger partial charge in [0.25, 0.3) is 5.91 Å². The summed E-state index contributed by atoms with van der Waals surface area (Å²) in [6.07, 6.45) is 0. The van der Waals surface area contributed by atoms with Crippen molar-refractivity contribution in [1.82, 2.24) is 14.9 Å². The molecule has 0 saturated carbocycles. The number of halogens is 1. The van der Waals surface area contributed by atoms with Crippen LogP contribution >= 0.6 is 11.6 Å². The Morgan fingerprint density at radius 2 is 1.88 bits per heavy atom. The SMILES string of the molecule is Cc1ccc(NC(=O)c2noc(C)c2Cn2nc(C)c(Cl)c2C)cc1. The molecule has 0 aliphatic heterocycles. The van der Waals surface area contributed by atoms with Gasteiger partial charge in [0.05, 0.1) is 23.0 Å². The molecule has 25 heavy (non-hydrogen) atoms. The lowest BCUT2D eigenvalue weighted by atomic mass is 10.1. The third kappa shape index (κ3) is 3.44. The average molecular weight is 359 g/mol. The van der Waals surface area contributed by atoms with Crippen molar-refractivity contribution in [3.63, 3.8) is 0 Å². The minimum absolute atomic E-state index is 0.252. The number of rotatable bonds is 4. The molecule has 0 unspecified atom stereocenters. The summed E-state index contributed by atoms with van der Waals surface area (Å²) in [5.74, 6) is 0.265. The van der Waals surface area contributed by atoms with Crippen LogP contribution in [0, 0.1) is 27.7 Å². The molecule has 1 N–H and O–H groups in total. The quantitative estimate of drug-likeness (QED) is 0.763. The van der Waals surface area contributed by atoms with Gasteiger partial charge < -0.3 is 9.84 Å². The van der Waals surface area contributed by atoms with E-state index in [9.17, 15) is 4.79 Å². The first kappa shape index (κ1) is 17.2. The zero-order chi connectivity index (χ0) is 18.1. The summed E-state index contributed by atoms with van der Waals surface area (Å²) in [6, 6.07) is 7.56. The van der Waals surface area contributed by atoms with Crippen LogP contribution in [0.2, 0.25) is 5.02 Å². The summed E-state index contributed by atoms with van der Waals surface area (Å²) in [6.45, 7) is 7.86. The van der Waals surface area contributed by atoms with Crippen molar-refractivity contribution in [3.05, 3.63) is 63.3 Å². The lowest BCUT2D eigenvalue weighted by molar-refractivity contribution is 0.101. The molecule has 0 saturated heterocycles. The van der Waals surface area contributed by atoms with Crippen molar-refractivity contribution in [2.24, 2.45) is 0 Å². The summed E-state index contributed by atoms with van der Waals surface area (Å²) in [4.78, 5) is 12.6. The topological polar surface area (TPSA) is 73.0 Å². The molecule has 0 aliphatic rings. The number of aromatic nitrogens is 3. The molecule has 0 atom stereocenters. The zero-order valence-corrected chi connectivity index (χ0v) is 15.3. The first-order valence-electron chi connectivity index (χ1n) is 7.89. The molecule has 7 heteroatoms. The molecule has 0 bridgehead atoms. The van der Waals surface area contributed by atoms with Crippen LogP contribution in [0.3, 0.4) is 0 Å². The van der Waals surface area contributed by atoms with Gasteiger partial charge in [-0.05, 0) is 39.8 Å². The standard InChI is InChI=1S/C18H19ClN4O2/c1-10-5-7-14(8-6-10)20-18(24)17-15(13(4)25-22-17)9-23-12(3)16(19)11(2)21-23/h5-8H,9H2,1-4H3,(H,20,24). The predicted molar refractivity (Wildman–Crippen MR) is 96.2 cm³/mol. The van der Waals surface area contributed by atoms with Crippen molar-refractivity contribution in [2.75, 3.05) is 5.32 Å². The third-order valence-electron chi connectivity index (χ3n) is 4.11. The molecule has 1 aromatic carbocycles. The molecule has 130 valence electrons. The van der Waals surface area contributed by atoms with Gasteiger partial charge in [-0.1, -0.05) is 34.5 Å². The maximum Gasteiger partial charge on any atom is 0.278 e. The fraction of sp³-hybridized carbons (Fsp3) is 0.278. The first-order chi connectivity index (χ1) is 11.9. The van der Waals surface area contributed by atoms with Gasteiger partial charge in [0.2, 0.25) is 0 Å². The van der Waals surface area contributed by atoms with Crippen LogP contribution in [0.1, 0.15) is 38.8 Å². The maximum absolute atomic E-state index is 12.6. The van der Waals surface area contributed by atoms with E-state index in [1.807, 2.05) is 45.0 Å². The van der Waals surface area contributed by atoms with E-state index in [4.69, 9.17) is 16.1 Å². The van der Waals surface area contributed by atoms with Crippen LogP contribution in [-0.2, 0) is 6.54 Å². The van der Waals surface area contributed by atoms with Gasteiger partial charge in [-0.25, -0.2) is 0 Å². The van der Waals surface area contributed by atoms with Crippen molar-refractivity contribution in [3.8, 4) is 0 Å². The van der Waals surface area contributed by atoms with Crippen molar-refractivity contribution in [1.29, 1.82) is 0 Å². The number of hydrogen-bond acceptors (Lipinski definition) is 4. The largest absolute Gasteiger partial charge is 0.361 e. The smallest absolute Gasteiger partial charge is 0.278 e. The van der Waals surface area contributed by atoms with Gasteiger partial charge in [0.1, 0.15) is 5.76 Å². The fourth-order valence-corrected chi connectivity index (χ4v) is 2.70. The van der Waals surface area contributed by atoms with Crippen LogP contribution < -0.4 is 5.32 Å². The lowest BCUT2D eigenvalue weighted by Crippen LogP contribution is -2.16. The Labute approximate surface area is 150 Å². The van der Waals surface area contributed by atoms with Crippen molar-refractivity contribution < 1.29 is 9.32 Å². The highest BCUT2D eigenvalue weighted by molar-refractivity contribution is 6.31. The van der Waals surface area contributed by atoms with E-state index < -0.39 is 0 Å². The van der Waals surface area contributed by atoms with E-state index in [0.29, 0.717) is 28.6 Å². The molecule has 0 spiro atoms. The monoisotopic (exact) mass is 358 g/mol. The van der Waals surface area contributed by atoms with Crippen LogP contribution in [0.4, 0.5) is 5.69 Å². The third-order valence-corrected chi connectivity index (χ3v) is 4.66. The molecule has 2 aromatic heterocycles.